The number of aliphatic carboxylic acids is 1. The van der Waals surface area contributed by atoms with Gasteiger partial charge in [0.05, 0.1) is 0 Å². The van der Waals surface area contributed by atoms with Gasteiger partial charge in [-0.25, -0.2) is 0 Å². The predicted molar refractivity (Wildman–Crippen MR) is 153 cm³/mol. The molecule has 0 radical (unpaired) electrons. The first-order valence-electron chi connectivity index (χ1n) is 12.8. The summed E-state index contributed by atoms with van der Waals surface area (Å²) in [6, 6.07) is 0. The molecule has 8 bridgehead atoms. The van der Waals surface area contributed by atoms with Crippen LogP contribution in [-0.4, -0.2) is 39.9 Å². The van der Waals surface area contributed by atoms with Crippen molar-refractivity contribution in [3.63, 3.8) is 0 Å². The van der Waals surface area contributed by atoms with Gasteiger partial charge in [0.1, 0.15) is 5.92 Å². The Balaban J connectivity index is 0.00000308. The molecule has 0 amide bonds. The molecule has 3 atom stereocenters. The molecule has 39 heavy (non-hydrogen) atoms. The van der Waals surface area contributed by atoms with Gasteiger partial charge in [0.2, 0.25) is 0 Å². The second-order valence-electron chi connectivity index (χ2n) is 10.6. The van der Waals surface area contributed by atoms with Gasteiger partial charge in [-0.05, 0) is 45.1 Å². The Labute approximate surface area is 243 Å². The van der Waals surface area contributed by atoms with Gasteiger partial charge in [-0.3, -0.25) is 9.59 Å². The van der Waals surface area contributed by atoms with E-state index in [1.807, 2.05) is 58.9 Å². The van der Waals surface area contributed by atoms with Crippen molar-refractivity contribution < 1.29 is 14.7 Å². The topological polar surface area (TPSA) is 111 Å². The van der Waals surface area contributed by atoms with Gasteiger partial charge in [0.15, 0.2) is 5.78 Å². The van der Waals surface area contributed by atoms with Gasteiger partial charge in [-0.1, -0.05) is 72.6 Å². The molecule has 0 spiro atoms. The number of ketones is 1. The average Bonchev–Trinajstić information content (AvgIpc) is 3.59. The molecule has 7 nitrogen and oxygen atoms in total. The van der Waals surface area contributed by atoms with E-state index in [4.69, 9.17) is 20.3 Å². The molecule has 0 unspecified atom stereocenters. The first kappa shape index (κ1) is 27.1. The molecular weight excluding hydrogens is 501 g/mol. The van der Waals surface area contributed by atoms with Crippen LogP contribution >= 0.6 is 0 Å². The van der Waals surface area contributed by atoms with E-state index < -0.39 is 17.7 Å². The maximum absolute atomic E-state index is 13.5. The fraction of sp³-hybridized carbons (Fsp3) is 0.290. The van der Waals surface area contributed by atoms with E-state index in [1.54, 1.807) is 0 Å². The normalized spacial score (nSPS) is 26.1. The number of hydrogen-bond acceptors (Lipinski definition) is 2. The third kappa shape index (κ3) is 3.76. The largest absolute Gasteiger partial charge is 2.00 e. The van der Waals surface area contributed by atoms with Crippen LogP contribution in [0.25, 0.3) is 35.2 Å². The predicted octanol–water partition coefficient (Wildman–Crippen LogP) is 3.33. The number of nitrogens with zero attached hydrogens (tertiary/aromatic N) is 4. The van der Waals surface area contributed by atoms with Gasteiger partial charge in [0.25, 0.3) is 0 Å². The van der Waals surface area contributed by atoms with Crippen molar-refractivity contribution in [2.75, 3.05) is 0 Å². The van der Waals surface area contributed by atoms with E-state index in [0.29, 0.717) is 33.8 Å². The van der Waals surface area contributed by atoms with Crippen molar-refractivity contribution in [2.45, 2.75) is 41.5 Å². The molecule has 5 heterocycles. The van der Waals surface area contributed by atoms with Crippen LogP contribution in [0.3, 0.4) is 0 Å². The van der Waals surface area contributed by atoms with Crippen LogP contribution in [0.15, 0.2) is 18.0 Å². The number of rotatable bonds is 2. The molecule has 194 valence electrons. The second kappa shape index (κ2) is 9.31. The number of carbonyl (C=O) groups excluding carboxylic acids is 1. The number of allylic oxidation sites excluding steroid dienone is 2. The second-order valence-corrected chi connectivity index (χ2v) is 10.6. The Bertz CT molecular complexity index is 1790. The zero-order valence-electron chi connectivity index (χ0n) is 23.0. The molecule has 1 aliphatic carbocycles. The number of aromatic nitrogens is 3. The van der Waals surface area contributed by atoms with Crippen molar-refractivity contribution in [3.05, 3.63) is 90.1 Å². The zero-order valence-corrected chi connectivity index (χ0v) is 24.4. The number of carbonyl (C=O) groups is 2. The SMILES string of the molecule is C=Cc1c2[n-]c(c1C)/C=C1\[N-]/C(=C3\c4[n-]c(c(C)c4C(=O)[C@@H]3C(=O)O)/C=c3\[n-]/c(c(C)c3C)=C\2)[C@@H](C)[C@@H]1C.[Mg+2]. The van der Waals surface area contributed by atoms with E-state index in [1.165, 1.54) is 0 Å². The van der Waals surface area contributed by atoms with Crippen molar-refractivity contribution >= 4 is 64.7 Å². The van der Waals surface area contributed by atoms with Crippen LogP contribution in [0.4, 0.5) is 0 Å². The molecule has 2 aliphatic heterocycles. The smallest absolute Gasteiger partial charge is 0.664 e. The van der Waals surface area contributed by atoms with Gasteiger partial charge in [-0.2, -0.15) is 11.4 Å². The summed E-state index contributed by atoms with van der Waals surface area (Å²) >= 11 is 0. The fourth-order valence-electron chi connectivity index (χ4n) is 5.90. The Morgan fingerprint density at radius 3 is 2.10 bits per heavy atom. The maximum Gasteiger partial charge on any atom is 2.00 e. The van der Waals surface area contributed by atoms with Crippen molar-refractivity contribution in [1.29, 1.82) is 0 Å². The molecule has 8 heteroatoms. The van der Waals surface area contributed by atoms with Crippen LogP contribution in [0.5, 0.6) is 0 Å². The summed E-state index contributed by atoms with van der Waals surface area (Å²) in [4.78, 5) is 40.6. The van der Waals surface area contributed by atoms with Gasteiger partial charge >= 0.3 is 29.0 Å². The fourth-order valence-corrected chi connectivity index (χ4v) is 5.90. The number of Topliss-reactive ketones (excluding diaryl/α,β-unsaturated/α-hetero) is 1. The molecule has 3 aromatic rings. The van der Waals surface area contributed by atoms with E-state index >= 15 is 0 Å². The Kier molecular flexibility index (Phi) is 6.47. The molecule has 3 aromatic heterocycles. The molecule has 6 rings (SSSR count). The van der Waals surface area contributed by atoms with Gasteiger partial charge in [-0.15, -0.1) is 33.5 Å². The zero-order chi connectivity index (χ0) is 27.2. The Morgan fingerprint density at radius 2 is 1.49 bits per heavy atom. The van der Waals surface area contributed by atoms with E-state index in [9.17, 15) is 14.7 Å². The number of carboxylic acid groups (broad SMARTS) is 1. The number of hydrogen-bond donors (Lipinski definition) is 1. The number of carboxylic acids is 1. The quantitative estimate of drug-likeness (QED) is 0.403. The average molecular weight is 529 g/mol. The number of fused-ring (bicyclic) bond motifs is 7. The molecule has 0 aromatic carbocycles. The minimum atomic E-state index is -1.31. The summed E-state index contributed by atoms with van der Waals surface area (Å²) < 4.78 is 0. The minimum Gasteiger partial charge on any atom is -0.664 e. The summed E-state index contributed by atoms with van der Waals surface area (Å²) in [7, 11) is 0. The Morgan fingerprint density at radius 1 is 0.872 bits per heavy atom. The van der Waals surface area contributed by atoms with Crippen molar-refractivity contribution in [3.8, 4) is 0 Å². The maximum atomic E-state index is 13.5. The van der Waals surface area contributed by atoms with Crippen molar-refractivity contribution in [1.82, 2.24) is 15.0 Å². The molecule has 0 saturated carbocycles. The van der Waals surface area contributed by atoms with Gasteiger partial charge < -0.3 is 25.4 Å². The van der Waals surface area contributed by atoms with Crippen LogP contribution in [-0.2, 0) is 4.79 Å². The molecule has 1 saturated heterocycles. The summed E-state index contributed by atoms with van der Waals surface area (Å²) in [6.45, 7) is 16.0. The summed E-state index contributed by atoms with van der Waals surface area (Å²) in [5.74, 6) is -3.02. The van der Waals surface area contributed by atoms with E-state index in [2.05, 4.69) is 13.5 Å². The van der Waals surface area contributed by atoms with Crippen LogP contribution in [0, 0.1) is 45.4 Å². The molecule has 1 N–H and O–H groups in total. The summed E-state index contributed by atoms with van der Waals surface area (Å²) in [5.41, 5.74) is 9.49. The molecular formula is C31H28MgN4O3-2. The van der Waals surface area contributed by atoms with Crippen LogP contribution in [0.2, 0.25) is 0 Å². The standard InChI is InChI=1S/C31H30N4O3.Mg/c1-8-18-16(6)22-10-21-14(4)15(5)28(34-21)26-27(31(37)38)30(36)25-17(7)23(35-29(25)26)9-19-12(2)13(3)20(32-19)11-24(18)33-22;/h8-11,14-15,27H,1H2,2-7H3,(H3,34,35,36,37,38);/q-2;+2/p-2/b19-9-,20-11-,21-10-;/t14-,15-,27+;/m0./s1. The van der Waals surface area contributed by atoms with Gasteiger partial charge in [0, 0.05) is 5.56 Å². The van der Waals surface area contributed by atoms with Crippen LogP contribution < -0.4 is 25.7 Å². The van der Waals surface area contributed by atoms with Crippen LogP contribution in [0.1, 0.15) is 74.8 Å². The summed E-state index contributed by atoms with van der Waals surface area (Å²) in [5, 5.41) is 16.6. The first-order chi connectivity index (χ1) is 18.0. The first-order valence-corrected chi connectivity index (χ1v) is 12.8. The Hall–Kier alpha value is -3.49. The third-order valence-electron chi connectivity index (χ3n) is 8.61. The van der Waals surface area contributed by atoms with E-state index in [0.717, 1.165) is 50.0 Å². The third-order valence-corrected chi connectivity index (χ3v) is 8.61. The monoisotopic (exact) mass is 528 g/mol. The van der Waals surface area contributed by atoms with E-state index in [-0.39, 0.29) is 34.9 Å². The molecule has 1 fully saturated rings. The summed E-state index contributed by atoms with van der Waals surface area (Å²) in [6.07, 6.45) is 7.66. The molecule has 3 aliphatic rings. The minimum absolute atomic E-state index is 0. The van der Waals surface area contributed by atoms with Crippen molar-refractivity contribution in [2.24, 2.45) is 17.8 Å².